The van der Waals surface area contributed by atoms with Gasteiger partial charge >= 0.3 is 5.97 Å². The van der Waals surface area contributed by atoms with Crippen molar-refractivity contribution in [2.75, 3.05) is 11.9 Å². The Bertz CT molecular complexity index is 1110. The summed E-state index contributed by atoms with van der Waals surface area (Å²) in [6.07, 6.45) is 1.57. The van der Waals surface area contributed by atoms with E-state index in [9.17, 15) is 14.4 Å². The number of carbonyl (C=O) groups is 3. The molecular weight excluding hydrogens is 386 g/mol. The number of hydrogen-bond donors (Lipinski definition) is 1. The Hall–Kier alpha value is -4.14. The van der Waals surface area contributed by atoms with Crippen LogP contribution in [0.1, 0.15) is 28.7 Å². The summed E-state index contributed by atoms with van der Waals surface area (Å²) in [5.41, 5.74) is 1.70. The zero-order valence-electron chi connectivity index (χ0n) is 16.4. The second-order valence-electron chi connectivity index (χ2n) is 6.34. The second-order valence-corrected chi connectivity index (χ2v) is 6.34. The number of benzene rings is 2. The number of tetrazole rings is 1. The Morgan fingerprint density at radius 2 is 1.87 bits per heavy atom. The monoisotopic (exact) mass is 405 g/mol. The number of nitrogens with one attached hydrogen (secondary N) is 1. The predicted octanol–water partition coefficient (Wildman–Crippen LogP) is 2.36. The largest absolute Gasteiger partial charge is 0.451 e. The molecule has 0 saturated carbocycles. The van der Waals surface area contributed by atoms with Crippen LogP contribution in [-0.2, 0) is 14.3 Å². The molecule has 0 aliphatic carbocycles. The highest BCUT2D eigenvalue weighted by Crippen LogP contribution is 2.14. The van der Waals surface area contributed by atoms with Crippen LogP contribution in [0.5, 0.6) is 0 Å². The normalized spacial score (nSPS) is 11.1. The van der Waals surface area contributed by atoms with Gasteiger partial charge in [-0.1, -0.05) is 42.5 Å². The van der Waals surface area contributed by atoms with Gasteiger partial charge in [0.25, 0.3) is 5.91 Å². The molecule has 0 atom stereocenters. The third kappa shape index (κ3) is 5.22. The number of nitrogens with zero attached hydrogens (tertiary/aromatic N) is 4. The maximum atomic E-state index is 12.7. The topological polar surface area (TPSA) is 116 Å². The van der Waals surface area contributed by atoms with Gasteiger partial charge in [-0.2, -0.15) is 4.68 Å². The first-order chi connectivity index (χ1) is 14.4. The molecular formula is C21H19N5O4. The Morgan fingerprint density at radius 1 is 1.10 bits per heavy atom. The van der Waals surface area contributed by atoms with E-state index in [0.717, 1.165) is 5.56 Å². The van der Waals surface area contributed by atoms with Crippen LogP contribution in [0.25, 0.3) is 11.8 Å². The molecule has 0 saturated heterocycles. The SMILES string of the molecule is CC(=O)c1cccc(NC(=O)COC(=O)/C(=C/c2ccccc2)n2nnnc2C)c1. The number of hydrogen-bond acceptors (Lipinski definition) is 7. The average molecular weight is 405 g/mol. The molecule has 9 heteroatoms. The zero-order chi connectivity index (χ0) is 21.5. The number of anilines is 1. The van der Waals surface area contributed by atoms with Gasteiger partial charge in [0.15, 0.2) is 23.9 Å². The number of carbonyl (C=O) groups excluding carboxylic acids is 3. The second kappa shape index (κ2) is 9.37. The van der Waals surface area contributed by atoms with E-state index >= 15 is 0 Å². The van der Waals surface area contributed by atoms with Crippen molar-refractivity contribution in [1.29, 1.82) is 0 Å². The van der Waals surface area contributed by atoms with Crippen molar-refractivity contribution in [3.63, 3.8) is 0 Å². The quantitative estimate of drug-likeness (QED) is 0.364. The molecule has 0 radical (unpaired) electrons. The van der Waals surface area contributed by atoms with Gasteiger partial charge in [0.1, 0.15) is 0 Å². The van der Waals surface area contributed by atoms with Gasteiger partial charge in [-0.25, -0.2) is 4.79 Å². The zero-order valence-corrected chi connectivity index (χ0v) is 16.4. The molecule has 30 heavy (non-hydrogen) atoms. The maximum Gasteiger partial charge on any atom is 0.357 e. The minimum Gasteiger partial charge on any atom is -0.451 e. The number of ether oxygens (including phenoxy) is 1. The molecule has 3 rings (SSSR count). The number of Topliss-reactive ketones (excluding diaryl/α,β-unsaturated/α-hetero) is 1. The Kier molecular flexibility index (Phi) is 6.43. The average Bonchev–Trinajstić information content (AvgIpc) is 3.16. The lowest BCUT2D eigenvalue weighted by molar-refractivity contribution is -0.141. The minimum atomic E-state index is -0.762. The lowest BCUT2D eigenvalue weighted by Gasteiger charge is -2.10. The summed E-state index contributed by atoms with van der Waals surface area (Å²) in [6, 6.07) is 15.6. The van der Waals surface area contributed by atoms with Crippen LogP contribution in [0.2, 0.25) is 0 Å². The summed E-state index contributed by atoms with van der Waals surface area (Å²) in [4.78, 5) is 36.3. The number of ketones is 1. The fourth-order valence-electron chi connectivity index (χ4n) is 2.59. The van der Waals surface area contributed by atoms with Crippen molar-refractivity contribution < 1.29 is 19.1 Å². The molecule has 0 aliphatic rings. The summed E-state index contributed by atoms with van der Waals surface area (Å²) in [6.45, 7) is 2.56. The van der Waals surface area contributed by atoms with Crippen LogP contribution in [0.3, 0.4) is 0 Å². The van der Waals surface area contributed by atoms with Gasteiger partial charge < -0.3 is 10.1 Å². The summed E-state index contributed by atoms with van der Waals surface area (Å²) >= 11 is 0. The van der Waals surface area contributed by atoms with Crippen LogP contribution in [0.15, 0.2) is 54.6 Å². The summed E-state index contributed by atoms with van der Waals surface area (Å²) in [5, 5.41) is 13.7. The van der Waals surface area contributed by atoms with Crippen molar-refractivity contribution in [2.45, 2.75) is 13.8 Å². The predicted molar refractivity (Wildman–Crippen MR) is 109 cm³/mol. The molecule has 1 N–H and O–H groups in total. The minimum absolute atomic E-state index is 0.0649. The maximum absolute atomic E-state index is 12.7. The standard InChI is InChI=1S/C21H19N5O4/c1-14(27)17-9-6-10-18(12-17)22-20(28)13-30-21(29)19(26-15(2)23-24-25-26)11-16-7-4-3-5-8-16/h3-12H,13H2,1-2H3,(H,22,28)/b19-11-. The van der Waals surface area contributed by atoms with E-state index in [2.05, 4.69) is 20.8 Å². The summed E-state index contributed by atoms with van der Waals surface area (Å²) < 4.78 is 6.40. The number of aryl methyl sites for hydroxylation is 1. The molecule has 2 aromatic carbocycles. The van der Waals surface area contributed by atoms with E-state index in [-0.39, 0.29) is 11.5 Å². The van der Waals surface area contributed by atoms with Gasteiger partial charge in [0, 0.05) is 11.3 Å². The van der Waals surface area contributed by atoms with E-state index in [1.165, 1.54) is 11.6 Å². The first-order valence-corrected chi connectivity index (χ1v) is 9.04. The summed E-state index contributed by atoms with van der Waals surface area (Å²) in [5.74, 6) is -1.04. The highest BCUT2D eigenvalue weighted by molar-refractivity contribution is 6.15. The van der Waals surface area contributed by atoms with Gasteiger partial charge in [0.05, 0.1) is 0 Å². The number of aromatic nitrogens is 4. The molecule has 152 valence electrons. The number of amides is 1. The molecule has 1 heterocycles. The summed E-state index contributed by atoms with van der Waals surface area (Å²) in [7, 11) is 0. The van der Waals surface area contributed by atoms with Crippen molar-refractivity contribution in [1.82, 2.24) is 20.2 Å². The Labute approximate surface area is 172 Å². The molecule has 0 fully saturated rings. The third-order valence-electron chi connectivity index (χ3n) is 4.05. The van der Waals surface area contributed by atoms with Crippen molar-refractivity contribution in [3.8, 4) is 0 Å². The molecule has 1 aromatic heterocycles. The first-order valence-electron chi connectivity index (χ1n) is 9.04. The van der Waals surface area contributed by atoms with Crippen molar-refractivity contribution in [2.24, 2.45) is 0 Å². The fraction of sp³-hybridized carbons (Fsp3) is 0.143. The van der Waals surface area contributed by atoms with Crippen LogP contribution in [0.4, 0.5) is 5.69 Å². The van der Waals surface area contributed by atoms with Gasteiger partial charge in [0.2, 0.25) is 0 Å². The van der Waals surface area contributed by atoms with E-state index in [0.29, 0.717) is 17.1 Å². The van der Waals surface area contributed by atoms with E-state index in [4.69, 9.17) is 4.74 Å². The number of rotatable bonds is 7. The highest BCUT2D eigenvalue weighted by atomic mass is 16.5. The third-order valence-corrected chi connectivity index (χ3v) is 4.05. The molecule has 0 aliphatic heterocycles. The lowest BCUT2D eigenvalue weighted by Crippen LogP contribution is -2.23. The van der Waals surface area contributed by atoms with Crippen molar-refractivity contribution >= 4 is 35.1 Å². The van der Waals surface area contributed by atoms with E-state index in [1.54, 1.807) is 37.3 Å². The Morgan fingerprint density at radius 3 is 2.53 bits per heavy atom. The first kappa shape index (κ1) is 20.6. The fourth-order valence-corrected chi connectivity index (χ4v) is 2.59. The molecule has 3 aromatic rings. The van der Waals surface area contributed by atoms with Crippen LogP contribution >= 0.6 is 0 Å². The van der Waals surface area contributed by atoms with Crippen LogP contribution < -0.4 is 5.32 Å². The molecule has 0 unspecified atom stereocenters. The number of esters is 1. The Balaban J connectivity index is 1.71. The lowest BCUT2D eigenvalue weighted by atomic mass is 10.1. The van der Waals surface area contributed by atoms with Crippen molar-refractivity contribution in [3.05, 3.63) is 71.5 Å². The smallest absolute Gasteiger partial charge is 0.357 e. The highest BCUT2D eigenvalue weighted by Gasteiger charge is 2.19. The molecule has 0 spiro atoms. The molecule has 9 nitrogen and oxygen atoms in total. The van der Waals surface area contributed by atoms with Crippen LogP contribution in [0, 0.1) is 6.92 Å². The molecule has 0 bridgehead atoms. The van der Waals surface area contributed by atoms with Gasteiger partial charge in [-0.3, -0.25) is 9.59 Å². The van der Waals surface area contributed by atoms with Gasteiger partial charge in [-0.05, 0) is 48.0 Å². The molecule has 1 amide bonds. The van der Waals surface area contributed by atoms with E-state index in [1.807, 2.05) is 30.3 Å². The van der Waals surface area contributed by atoms with E-state index < -0.39 is 18.5 Å². The van der Waals surface area contributed by atoms with Gasteiger partial charge in [-0.15, -0.1) is 5.10 Å². The van der Waals surface area contributed by atoms with Crippen LogP contribution in [-0.4, -0.2) is 44.5 Å².